The summed E-state index contributed by atoms with van der Waals surface area (Å²) in [6, 6.07) is 0.547. The van der Waals surface area contributed by atoms with Crippen LogP contribution in [0.15, 0.2) is 0 Å². The third-order valence-electron chi connectivity index (χ3n) is 2.48. The molecule has 2 aliphatic rings. The molecule has 2 rings (SSSR count). The smallest absolute Gasteiger partial charge is 0.0623 e. The molecule has 0 bridgehead atoms. The van der Waals surface area contributed by atoms with Crippen molar-refractivity contribution < 1.29 is 9.47 Å². The normalized spacial score (nSPS) is 39.3. The fourth-order valence-corrected chi connectivity index (χ4v) is 1.76. The molecule has 3 heteroatoms. The molecular weight excluding hydrogens is 142 g/mol. The van der Waals surface area contributed by atoms with E-state index in [1.807, 2.05) is 0 Å². The highest BCUT2D eigenvalue weighted by Crippen LogP contribution is 2.17. The predicted octanol–water partition coefficient (Wildman–Crippen LogP) is 0.0113. The summed E-state index contributed by atoms with van der Waals surface area (Å²) >= 11 is 0. The standard InChI is InChI=1S/C8H15NO2/c1-3-10-5-7(1)8-6-11-4-2-9-8/h7-9H,1-6H2. The second-order valence-corrected chi connectivity index (χ2v) is 3.26. The quantitative estimate of drug-likeness (QED) is 0.581. The van der Waals surface area contributed by atoms with Crippen molar-refractivity contribution in [2.24, 2.45) is 5.92 Å². The lowest BCUT2D eigenvalue weighted by Crippen LogP contribution is -2.46. The molecule has 1 N–H and O–H groups in total. The van der Waals surface area contributed by atoms with Gasteiger partial charge in [-0.15, -0.1) is 0 Å². The van der Waals surface area contributed by atoms with E-state index in [1.54, 1.807) is 0 Å². The van der Waals surface area contributed by atoms with Gasteiger partial charge in [0.25, 0.3) is 0 Å². The molecule has 0 saturated carbocycles. The molecule has 11 heavy (non-hydrogen) atoms. The number of rotatable bonds is 1. The highest BCUT2D eigenvalue weighted by Gasteiger charge is 2.26. The molecule has 2 atom stereocenters. The summed E-state index contributed by atoms with van der Waals surface area (Å²) < 4.78 is 10.7. The van der Waals surface area contributed by atoms with Gasteiger partial charge in [0.15, 0.2) is 0 Å². The number of ether oxygens (including phenoxy) is 2. The Morgan fingerprint density at radius 1 is 1.09 bits per heavy atom. The van der Waals surface area contributed by atoms with Crippen LogP contribution in [0.2, 0.25) is 0 Å². The Morgan fingerprint density at radius 3 is 2.64 bits per heavy atom. The fourth-order valence-electron chi connectivity index (χ4n) is 1.76. The average Bonchev–Trinajstić information content (AvgIpc) is 2.58. The molecule has 0 aliphatic carbocycles. The van der Waals surface area contributed by atoms with Gasteiger partial charge < -0.3 is 14.8 Å². The van der Waals surface area contributed by atoms with Gasteiger partial charge in [-0.25, -0.2) is 0 Å². The summed E-state index contributed by atoms with van der Waals surface area (Å²) in [5.41, 5.74) is 0. The van der Waals surface area contributed by atoms with Crippen LogP contribution in [0.3, 0.4) is 0 Å². The summed E-state index contributed by atoms with van der Waals surface area (Å²) in [5, 5.41) is 3.46. The van der Waals surface area contributed by atoms with E-state index >= 15 is 0 Å². The maximum absolute atomic E-state index is 5.38. The topological polar surface area (TPSA) is 30.5 Å². The van der Waals surface area contributed by atoms with Crippen molar-refractivity contribution in [3.8, 4) is 0 Å². The second kappa shape index (κ2) is 3.52. The van der Waals surface area contributed by atoms with Gasteiger partial charge in [0.05, 0.1) is 19.8 Å². The zero-order valence-corrected chi connectivity index (χ0v) is 6.71. The zero-order chi connectivity index (χ0) is 7.52. The Balaban J connectivity index is 1.82. The molecule has 2 aliphatic heterocycles. The molecule has 2 unspecified atom stereocenters. The minimum absolute atomic E-state index is 0.547. The maximum atomic E-state index is 5.38. The molecule has 3 nitrogen and oxygen atoms in total. The number of hydrogen-bond donors (Lipinski definition) is 1. The largest absolute Gasteiger partial charge is 0.381 e. The lowest BCUT2D eigenvalue weighted by atomic mass is 9.99. The summed E-state index contributed by atoms with van der Waals surface area (Å²) in [4.78, 5) is 0. The van der Waals surface area contributed by atoms with E-state index in [4.69, 9.17) is 9.47 Å². The Bertz CT molecular complexity index is 117. The van der Waals surface area contributed by atoms with Crippen LogP contribution in [0.25, 0.3) is 0 Å². The monoisotopic (exact) mass is 157 g/mol. The van der Waals surface area contributed by atoms with Crippen molar-refractivity contribution in [2.45, 2.75) is 12.5 Å². The van der Waals surface area contributed by atoms with Crippen molar-refractivity contribution in [1.29, 1.82) is 0 Å². The Kier molecular flexibility index (Phi) is 2.41. The van der Waals surface area contributed by atoms with Crippen molar-refractivity contribution in [3.05, 3.63) is 0 Å². The first kappa shape index (κ1) is 7.53. The first-order valence-corrected chi connectivity index (χ1v) is 4.36. The molecule has 0 amide bonds. The Morgan fingerprint density at radius 2 is 2.00 bits per heavy atom. The Hall–Kier alpha value is -0.120. The van der Waals surface area contributed by atoms with Gasteiger partial charge in [0.2, 0.25) is 0 Å². The summed E-state index contributed by atoms with van der Waals surface area (Å²) in [5.74, 6) is 0.690. The van der Waals surface area contributed by atoms with Gasteiger partial charge >= 0.3 is 0 Å². The van der Waals surface area contributed by atoms with E-state index in [1.165, 1.54) is 6.42 Å². The summed E-state index contributed by atoms with van der Waals surface area (Å²) in [6.45, 7) is 4.59. The first-order valence-electron chi connectivity index (χ1n) is 4.36. The molecule has 64 valence electrons. The molecule has 2 fully saturated rings. The van der Waals surface area contributed by atoms with Crippen LogP contribution in [0.5, 0.6) is 0 Å². The van der Waals surface area contributed by atoms with Crippen LogP contribution in [0, 0.1) is 5.92 Å². The first-order chi connectivity index (χ1) is 5.47. The van der Waals surface area contributed by atoms with Crippen molar-refractivity contribution in [1.82, 2.24) is 5.32 Å². The van der Waals surface area contributed by atoms with Crippen molar-refractivity contribution >= 4 is 0 Å². The molecule has 0 aromatic carbocycles. The van der Waals surface area contributed by atoms with E-state index < -0.39 is 0 Å². The van der Waals surface area contributed by atoms with Crippen molar-refractivity contribution in [3.63, 3.8) is 0 Å². The van der Waals surface area contributed by atoms with E-state index in [-0.39, 0.29) is 0 Å². The number of morpholine rings is 1. The van der Waals surface area contributed by atoms with Crippen LogP contribution in [0.4, 0.5) is 0 Å². The number of hydrogen-bond acceptors (Lipinski definition) is 3. The van der Waals surface area contributed by atoms with Gasteiger partial charge in [0.1, 0.15) is 0 Å². The fraction of sp³-hybridized carbons (Fsp3) is 1.00. The third-order valence-corrected chi connectivity index (χ3v) is 2.48. The van der Waals surface area contributed by atoms with Crippen molar-refractivity contribution in [2.75, 3.05) is 33.0 Å². The highest BCUT2D eigenvalue weighted by atomic mass is 16.5. The predicted molar refractivity (Wildman–Crippen MR) is 41.5 cm³/mol. The van der Waals surface area contributed by atoms with Gasteiger partial charge in [-0.2, -0.15) is 0 Å². The zero-order valence-electron chi connectivity index (χ0n) is 6.71. The van der Waals surface area contributed by atoms with Crippen LogP contribution >= 0.6 is 0 Å². The van der Waals surface area contributed by atoms with Crippen LogP contribution in [-0.4, -0.2) is 39.0 Å². The van der Waals surface area contributed by atoms with Gasteiger partial charge in [-0.05, 0) is 6.42 Å². The van der Waals surface area contributed by atoms with E-state index in [0.717, 1.165) is 33.0 Å². The SMILES string of the molecule is C1COCC(C2CCOC2)N1. The molecule has 2 heterocycles. The Labute approximate surface area is 67.1 Å². The van der Waals surface area contributed by atoms with Gasteiger partial charge in [0, 0.05) is 25.1 Å². The second-order valence-electron chi connectivity index (χ2n) is 3.26. The van der Waals surface area contributed by atoms with Crippen LogP contribution in [0.1, 0.15) is 6.42 Å². The van der Waals surface area contributed by atoms with Crippen LogP contribution < -0.4 is 5.32 Å². The molecule has 0 aromatic rings. The lowest BCUT2D eigenvalue weighted by molar-refractivity contribution is 0.0530. The molecular formula is C8H15NO2. The minimum Gasteiger partial charge on any atom is -0.381 e. The van der Waals surface area contributed by atoms with Crippen LogP contribution in [-0.2, 0) is 9.47 Å². The van der Waals surface area contributed by atoms with E-state index in [0.29, 0.717) is 12.0 Å². The highest BCUT2D eigenvalue weighted by molar-refractivity contribution is 4.80. The summed E-state index contributed by atoms with van der Waals surface area (Å²) in [7, 11) is 0. The molecule has 0 spiro atoms. The van der Waals surface area contributed by atoms with E-state index in [2.05, 4.69) is 5.32 Å². The maximum Gasteiger partial charge on any atom is 0.0623 e. The summed E-state index contributed by atoms with van der Waals surface area (Å²) in [6.07, 6.45) is 1.20. The molecule has 0 radical (unpaired) electrons. The average molecular weight is 157 g/mol. The van der Waals surface area contributed by atoms with Gasteiger partial charge in [-0.1, -0.05) is 0 Å². The third kappa shape index (κ3) is 1.72. The molecule has 0 aromatic heterocycles. The lowest BCUT2D eigenvalue weighted by Gasteiger charge is -2.27. The minimum atomic E-state index is 0.547. The van der Waals surface area contributed by atoms with E-state index in [9.17, 15) is 0 Å². The van der Waals surface area contributed by atoms with Gasteiger partial charge in [-0.3, -0.25) is 0 Å². The molecule has 2 saturated heterocycles. The number of nitrogens with one attached hydrogen (secondary N) is 1.